The maximum Gasteiger partial charge on any atom is 0.332 e. The van der Waals surface area contributed by atoms with Crippen LogP contribution in [0.1, 0.15) is 19.4 Å². The molecular weight excluding hydrogens is 420 g/mol. The van der Waals surface area contributed by atoms with Crippen molar-refractivity contribution in [3.05, 3.63) is 78.4 Å². The Hall–Kier alpha value is -4.00. The van der Waals surface area contributed by atoms with Gasteiger partial charge in [0.1, 0.15) is 17.0 Å². The highest BCUT2D eigenvalue weighted by molar-refractivity contribution is 6.23. The molecule has 33 heavy (non-hydrogen) atoms. The minimum absolute atomic E-state index is 0.213. The molecule has 1 heterocycles. The fourth-order valence-electron chi connectivity index (χ4n) is 3.81. The van der Waals surface area contributed by atoms with Crippen LogP contribution in [0.2, 0.25) is 0 Å². The zero-order chi connectivity index (χ0) is 23.6. The van der Waals surface area contributed by atoms with Crippen LogP contribution in [0.3, 0.4) is 0 Å². The van der Waals surface area contributed by atoms with E-state index in [1.54, 1.807) is 36.9 Å². The maximum atomic E-state index is 13.5. The summed E-state index contributed by atoms with van der Waals surface area (Å²) in [4.78, 5) is 29.5. The largest absolute Gasteiger partial charge is 0.493 e. The van der Waals surface area contributed by atoms with Crippen molar-refractivity contribution in [2.45, 2.75) is 25.9 Å². The van der Waals surface area contributed by atoms with Gasteiger partial charge in [-0.3, -0.25) is 4.79 Å². The molecule has 3 aromatic rings. The first-order valence-corrected chi connectivity index (χ1v) is 10.6. The molecular formula is C26H26N2O5. The lowest BCUT2D eigenvalue weighted by Crippen LogP contribution is -2.43. The van der Waals surface area contributed by atoms with Gasteiger partial charge in [-0.1, -0.05) is 36.4 Å². The Morgan fingerprint density at radius 1 is 0.788 bits per heavy atom. The number of amides is 3. The second-order valence-electron chi connectivity index (χ2n) is 8.13. The lowest BCUT2D eigenvalue weighted by Gasteiger charge is -2.28. The summed E-state index contributed by atoms with van der Waals surface area (Å²) in [5.74, 6) is 1.96. The number of rotatable bonds is 7. The molecule has 0 bridgehead atoms. The number of benzene rings is 3. The van der Waals surface area contributed by atoms with Crippen molar-refractivity contribution in [1.82, 2.24) is 4.90 Å². The van der Waals surface area contributed by atoms with Gasteiger partial charge in [-0.2, -0.15) is 0 Å². The third-order valence-electron chi connectivity index (χ3n) is 5.72. The molecule has 0 saturated carbocycles. The average Bonchev–Trinajstić information content (AvgIpc) is 2.99. The standard InChI is InChI=1S/C26H26N2O5/c1-26(2)24(29)28(19-14-15-22(31-3)23(16-19)32-4)25(30)27(26)17-18-10-8-9-13-21(18)33-20-11-6-5-7-12-20/h5-16H,17H2,1-4H3. The van der Waals surface area contributed by atoms with E-state index in [9.17, 15) is 9.59 Å². The number of hydrogen-bond donors (Lipinski definition) is 0. The number of nitrogens with zero attached hydrogens (tertiary/aromatic N) is 2. The van der Waals surface area contributed by atoms with Crippen LogP contribution in [0.25, 0.3) is 0 Å². The van der Waals surface area contributed by atoms with Gasteiger partial charge >= 0.3 is 6.03 Å². The number of para-hydroxylation sites is 2. The van der Waals surface area contributed by atoms with E-state index in [2.05, 4.69) is 0 Å². The van der Waals surface area contributed by atoms with Gasteiger partial charge in [-0.25, -0.2) is 9.69 Å². The Labute approximate surface area is 193 Å². The van der Waals surface area contributed by atoms with Crippen molar-refractivity contribution in [3.8, 4) is 23.0 Å². The molecule has 7 nitrogen and oxygen atoms in total. The molecule has 0 N–H and O–H groups in total. The summed E-state index contributed by atoms with van der Waals surface area (Å²) in [5, 5.41) is 0. The van der Waals surface area contributed by atoms with E-state index >= 15 is 0 Å². The fourth-order valence-corrected chi connectivity index (χ4v) is 3.81. The van der Waals surface area contributed by atoms with Gasteiger partial charge in [0.2, 0.25) is 0 Å². The number of imide groups is 1. The first kappa shape index (κ1) is 22.2. The number of urea groups is 1. The molecule has 1 aliphatic rings. The van der Waals surface area contributed by atoms with Crippen LogP contribution in [-0.4, -0.2) is 36.6 Å². The van der Waals surface area contributed by atoms with E-state index in [-0.39, 0.29) is 12.5 Å². The molecule has 3 aromatic carbocycles. The minimum Gasteiger partial charge on any atom is -0.493 e. The molecule has 1 aliphatic heterocycles. The molecule has 0 aliphatic carbocycles. The highest BCUT2D eigenvalue weighted by Crippen LogP contribution is 2.38. The Balaban J connectivity index is 1.65. The zero-order valence-electron chi connectivity index (χ0n) is 19.1. The first-order chi connectivity index (χ1) is 15.9. The van der Waals surface area contributed by atoms with Crippen molar-refractivity contribution in [2.24, 2.45) is 0 Å². The van der Waals surface area contributed by atoms with Crippen LogP contribution in [0, 0.1) is 0 Å². The summed E-state index contributed by atoms with van der Waals surface area (Å²) in [5.41, 5.74) is 0.168. The summed E-state index contributed by atoms with van der Waals surface area (Å²) < 4.78 is 16.7. The maximum absolute atomic E-state index is 13.5. The SMILES string of the molecule is COc1ccc(N2C(=O)N(Cc3ccccc3Oc3ccccc3)C(C)(C)C2=O)cc1OC. The lowest BCUT2D eigenvalue weighted by molar-refractivity contribution is -0.123. The Kier molecular flexibility index (Phi) is 5.96. The topological polar surface area (TPSA) is 68.3 Å². The van der Waals surface area contributed by atoms with Gasteiger partial charge in [0, 0.05) is 11.6 Å². The van der Waals surface area contributed by atoms with Crippen LogP contribution in [0.5, 0.6) is 23.0 Å². The van der Waals surface area contributed by atoms with Crippen molar-refractivity contribution in [3.63, 3.8) is 0 Å². The first-order valence-electron chi connectivity index (χ1n) is 10.6. The summed E-state index contributed by atoms with van der Waals surface area (Å²) in [6.45, 7) is 3.70. The van der Waals surface area contributed by atoms with Crippen LogP contribution in [0.15, 0.2) is 72.8 Å². The summed E-state index contributed by atoms with van der Waals surface area (Å²) in [7, 11) is 3.04. The highest BCUT2D eigenvalue weighted by atomic mass is 16.5. The van der Waals surface area contributed by atoms with E-state index in [1.165, 1.54) is 19.1 Å². The molecule has 170 valence electrons. The number of anilines is 1. The number of carbonyl (C=O) groups excluding carboxylic acids is 2. The van der Waals surface area contributed by atoms with Gasteiger partial charge in [-0.15, -0.1) is 0 Å². The molecule has 1 saturated heterocycles. The second kappa shape index (κ2) is 8.86. The molecule has 0 atom stereocenters. The second-order valence-corrected chi connectivity index (χ2v) is 8.13. The minimum atomic E-state index is -1.05. The van der Waals surface area contributed by atoms with Crippen LogP contribution < -0.4 is 19.1 Å². The van der Waals surface area contributed by atoms with Gasteiger partial charge < -0.3 is 19.1 Å². The quantitative estimate of drug-likeness (QED) is 0.464. The van der Waals surface area contributed by atoms with Crippen LogP contribution >= 0.6 is 0 Å². The third-order valence-corrected chi connectivity index (χ3v) is 5.72. The van der Waals surface area contributed by atoms with Gasteiger partial charge in [0.15, 0.2) is 11.5 Å². The van der Waals surface area contributed by atoms with Gasteiger partial charge in [0.25, 0.3) is 5.91 Å². The van der Waals surface area contributed by atoms with Crippen LogP contribution in [-0.2, 0) is 11.3 Å². The zero-order valence-corrected chi connectivity index (χ0v) is 19.1. The fraction of sp³-hybridized carbons (Fsp3) is 0.231. The monoisotopic (exact) mass is 446 g/mol. The smallest absolute Gasteiger partial charge is 0.332 e. The third kappa shape index (κ3) is 4.09. The predicted molar refractivity (Wildman–Crippen MR) is 125 cm³/mol. The number of ether oxygens (including phenoxy) is 3. The van der Waals surface area contributed by atoms with Crippen LogP contribution in [0.4, 0.5) is 10.5 Å². The Morgan fingerprint density at radius 3 is 2.15 bits per heavy atom. The normalized spacial score (nSPS) is 15.0. The molecule has 4 rings (SSSR count). The van der Waals surface area contributed by atoms with E-state index in [0.29, 0.717) is 28.7 Å². The highest BCUT2D eigenvalue weighted by Gasteiger charge is 2.52. The van der Waals surface area contributed by atoms with E-state index in [1.807, 2.05) is 54.6 Å². The molecule has 0 spiro atoms. The van der Waals surface area contributed by atoms with Crippen molar-refractivity contribution in [1.29, 1.82) is 0 Å². The average molecular weight is 447 g/mol. The number of methoxy groups -OCH3 is 2. The molecule has 0 radical (unpaired) electrons. The molecule has 0 unspecified atom stereocenters. The van der Waals surface area contributed by atoms with Crippen molar-refractivity contribution < 1.29 is 23.8 Å². The van der Waals surface area contributed by atoms with Gasteiger partial charge in [0.05, 0.1) is 26.5 Å². The van der Waals surface area contributed by atoms with Crippen molar-refractivity contribution >= 4 is 17.6 Å². The van der Waals surface area contributed by atoms with E-state index < -0.39 is 11.6 Å². The summed E-state index contributed by atoms with van der Waals surface area (Å²) in [6, 6.07) is 21.5. The summed E-state index contributed by atoms with van der Waals surface area (Å²) >= 11 is 0. The number of carbonyl (C=O) groups is 2. The molecule has 3 amide bonds. The van der Waals surface area contributed by atoms with Gasteiger partial charge in [-0.05, 0) is 44.2 Å². The Morgan fingerprint density at radius 2 is 1.45 bits per heavy atom. The van der Waals surface area contributed by atoms with Crippen molar-refractivity contribution in [2.75, 3.05) is 19.1 Å². The molecule has 0 aromatic heterocycles. The van der Waals surface area contributed by atoms with E-state index in [0.717, 1.165) is 5.56 Å². The van der Waals surface area contributed by atoms with E-state index in [4.69, 9.17) is 14.2 Å². The Bertz CT molecular complexity index is 1180. The predicted octanol–water partition coefficient (Wildman–Crippen LogP) is 5.24. The lowest BCUT2D eigenvalue weighted by atomic mass is 10.0. The summed E-state index contributed by atoms with van der Waals surface area (Å²) in [6.07, 6.45) is 0. The number of hydrogen-bond acceptors (Lipinski definition) is 5. The molecule has 7 heteroatoms. The molecule has 1 fully saturated rings.